The average Bonchev–Trinajstić information content (AvgIpc) is 3.08. The van der Waals surface area contributed by atoms with Gasteiger partial charge in [-0.25, -0.2) is 0 Å². The van der Waals surface area contributed by atoms with E-state index in [2.05, 4.69) is 15.0 Å². The fourth-order valence-electron chi connectivity index (χ4n) is 2.82. The lowest BCUT2D eigenvalue weighted by Gasteiger charge is -2.33. The predicted molar refractivity (Wildman–Crippen MR) is 77.3 cm³/mol. The van der Waals surface area contributed by atoms with Crippen molar-refractivity contribution < 1.29 is 9.63 Å². The number of hydrogen-bond donors (Lipinski definition) is 1. The smallest absolute Gasteiger partial charge is 0.258 e. The molecule has 1 N–H and O–H groups in total. The van der Waals surface area contributed by atoms with Crippen LogP contribution in [-0.2, 0) is 6.54 Å². The molecule has 0 aromatic carbocycles. The number of hydrogen-bond acceptors (Lipinski definition) is 6. The summed E-state index contributed by atoms with van der Waals surface area (Å²) in [5.74, 6) is 1.25. The Labute approximate surface area is 122 Å². The standard InChI is InChI=1S/C14H19N3O2S/c1-14(2,18)11-4-3-6-17(11)8-12-15-13(19-16-12)10-5-7-20-9-10/h5,7,9,11,18H,3-4,6,8H2,1-2H3. The van der Waals surface area contributed by atoms with Gasteiger partial charge in [0, 0.05) is 11.4 Å². The lowest BCUT2D eigenvalue weighted by atomic mass is 9.97. The molecule has 6 heteroatoms. The van der Waals surface area contributed by atoms with Gasteiger partial charge in [-0.15, -0.1) is 0 Å². The summed E-state index contributed by atoms with van der Waals surface area (Å²) in [4.78, 5) is 6.68. The van der Waals surface area contributed by atoms with E-state index in [-0.39, 0.29) is 6.04 Å². The molecule has 1 saturated heterocycles. The number of thiophene rings is 1. The van der Waals surface area contributed by atoms with Crippen molar-refractivity contribution in [3.8, 4) is 11.5 Å². The molecular weight excluding hydrogens is 274 g/mol. The Morgan fingerprint density at radius 2 is 2.40 bits per heavy atom. The van der Waals surface area contributed by atoms with E-state index in [4.69, 9.17) is 4.52 Å². The Morgan fingerprint density at radius 1 is 1.55 bits per heavy atom. The monoisotopic (exact) mass is 293 g/mol. The van der Waals surface area contributed by atoms with E-state index >= 15 is 0 Å². The highest BCUT2D eigenvalue weighted by Gasteiger charge is 2.36. The summed E-state index contributed by atoms with van der Waals surface area (Å²) in [6.45, 7) is 5.32. The van der Waals surface area contributed by atoms with Crippen LogP contribution in [-0.4, -0.2) is 38.3 Å². The lowest BCUT2D eigenvalue weighted by molar-refractivity contribution is -0.00592. The minimum Gasteiger partial charge on any atom is -0.389 e. The molecule has 0 radical (unpaired) electrons. The summed E-state index contributed by atoms with van der Waals surface area (Å²) in [6, 6.07) is 2.13. The van der Waals surface area contributed by atoms with Gasteiger partial charge in [-0.3, -0.25) is 4.90 Å². The summed E-state index contributed by atoms with van der Waals surface area (Å²) in [5.41, 5.74) is 0.269. The maximum absolute atomic E-state index is 10.2. The van der Waals surface area contributed by atoms with Crippen molar-refractivity contribution in [3.05, 3.63) is 22.7 Å². The summed E-state index contributed by atoms with van der Waals surface area (Å²) >= 11 is 1.61. The molecule has 1 unspecified atom stereocenters. The van der Waals surface area contributed by atoms with Gasteiger partial charge < -0.3 is 9.63 Å². The second-order valence-electron chi connectivity index (χ2n) is 5.81. The van der Waals surface area contributed by atoms with Gasteiger partial charge >= 0.3 is 0 Å². The van der Waals surface area contributed by atoms with E-state index in [1.165, 1.54) is 0 Å². The van der Waals surface area contributed by atoms with Gasteiger partial charge in [0.05, 0.1) is 17.7 Å². The zero-order valence-corrected chi connectivity index (χ0v) is 12.6. The molecule has 108 valence electrons. The van der Waals surface area contributed by atoms with Crippen LogP contribution >= 0.6 is 11.3 Å². The molecule has 3 heterocycles. The van der Waals surface area contributed by atoms with Crippen LogP contribution in [0.4, 0.5) is 0 Å². The lowest BCUT2D eigenvalue weighted by Crippen LogP contribution is -2.45. The zero-order valence-electron chi connectivity index (χ0n) is 11.7. The fraction of sp³-hybridized carbons (Fsp3) is 0.571. The normalized spacial score (nSPS) is 20.6. The van der Waals surface area contributed by atoms with Crippen LogP contribution in [0.3, 0.4) is 0 Å². The van der Waals surface area contributed by atoms with Crippen molar-refractivity contribution in [1.29, 1.82) is 0 Å². The molecule has 3 rings (SSSR count). The first-order valence-corrected chi connectivity index (χ1v) is 7.80. The van der Waals surface area contributed by atoms with Crippen LogP contribution in [0.5, 0.6) is 0 Å². The highest BCUT2D eigenvalue weighted by atomic mass is 32.1. The Balaban J connectivity index is 1.72. The molecule has 0 amide bonds. The second-order valence-corrected chi connectivity index (χ2v) is 6.59. The summed E-state index contributed by atoms with van der Waals surface area (Å²) in [5, 5.41) is 18.2. The number of rotatable bonds is 4. The molecule has 0 spiro atoms. The molecule has 5 nitrogen and oxygen atoms in total. The number of aromatic nitrogens is 2. The maximum atomic E-state index is 10.2. The van der Waals surface area contributed by atoms with Crippen LogP contribution in [0.25, 0.3) is 11.5 Å². The molecule has 2 aromatic heterocycles. The minimum atomic E-state index is -0.698. The van der Waals surface area contributed by atoms with Crippen LogP contribution in [0.2, 0.25) is 0 Å². The topological polar surface area (TPSA) is 62.4 Å². The van der Waals surface area contributed by atoms with E-state index in [0.717, 1.165) is 24.9 Å². The quantitative estimate of drug-likeness (QED) is 0.938. The first kappa shape index (κ1) is 13.7. The number of aliphatic hydroxyl groups is 1. The SMILES string of the molecule is CC(C)(O)C1CCCN1Cc1noc(-c2ccsc2)n1. The number of likely N-dealkylation sites (tertiary alicyclic amines) is 1. The van der Waals surface area contributed by atoms with Gasteiger partial charge in [0.25, 0.3) is 5.89 Å². The van der Waals surface area contributed by atoms with Crippen molar-refractivity contribution in [2.75, 3.05) is 6.54 Å². The third-order valence-electron chi connectivity index (χ3n) is 3.76. The first-order chi connectivity index (χ1) is 9.54. The Bertz CT molecular complexity index is 559. The maximum Gasteiger partial charge on any atom is 0.258 e. The predicted octanol–water partition coefficient (Wildman–Crippen LogP) is 2.53. The van der Waals surface area contributed by atoms with Crippen molar-refractivity contribution in [2.45, 2.75) is 44.9 Å². The second kappa shape index (κ2) is 5.27. The third kappa shape index (κ3) is 2.77. The summed E-state index contributed by atoms with van der Waals surface area (Å²) < 4.78 is 5.30. The Morgan fingerprint density at radius 3 is 3.10 bits per heavy atom. The molecule has 1 fully saturated rings. The van der Waals surface area contributed by atoms with Gasteiger partial charge in [-0.2, -0.15) is 16.3 Å². The summed E-state index contributed by atoms with van der Waals surface area (Å²) in [6.07, 6.45) is 2.11. The molecule has 2 aromatic rings. The Hall–Kier alpha value is -1.24. The van der Waals surface area contributed by atoms with Crippen molar-refractivity contribution in [3.63, 3.8) is 0 Å². The van der Waals surface area contributed by atoms with Crippen LogP contribution in [0.1, 0.15) is 32.5 Å². The van der Waals surface area contributed by atoms with Gasteiger partial charge in [0.1, 0.15) is 0 Å². The van der Waals surface area contributed by atoms with Crippen LogP contribution in [0.15, 0.2) is 21.3 Å². The van der Waals surface area contributed by atoms with Crippen molar-refractivity contribution in [2.24, 2.45) is 0 Å². The molecule has 0 saturated carbocycles. The van der Waals surface area contributed by atoms with Gasteiger partial charge in [0.15, 0.2) is 5.82 Å². The highest BCUT2D eigenvalue weighted by Crippen LogP contribution is 2.28. The minimum absolute atomic E-state index is 0.158. The van der Waals surface area contributed by atoms with Crippen molar-refractivity contribution in [1.82, 2.24) is 15.0 Å². The molecule has 20 heavy (non-hydrogen) atoms. The largest absolute Gasteiger partial charge is 0.389 e. The van der Waals surface area contributed by atoms with E-state index in [1.54, 1.807) is 11.3 Å². The average molecular weight is 293 g/mol. The molecule has 0 bridgehead atoms. The fourth-order valence-corrected chi connectivity index (χ4v) is 3.45. The van der Waals surface area contributed by atoms with Gasteiger partial charge in [-0.1, -0.05) is 5.16 Å². The number of nitrogens with zero attached hydrogens (tertiary/aromatic N) is 3. The van der Waals surface area contributed by atoms with Gasteiger partial charge in [0.2, 0.25) is 0 Å². The molecule has 1 aliphatic heterocycles. The highest BCUT2D eigenvalue weighted by molar-refractivity contribution is 7.08. The first-order valence-electron chi connectivity index (χ1n) is 6.85. The van der Waals surface area contributed by atoms with E-state index in [9.17, 15) is 5.11 Å². The van der Waals surface area contributed by atoms with E-state index in [1.807, 2.05) is 30.7 Å². The van der Waals surface area contributed by atoms with E-state index in [0.29, 0.717) is 18.3 Å². The van der Waals surface area contributed by atoms with Crippen LogP contribution < -0.4 is 0 Å². The molecule has 0 aliphatic carbocycles. The van der Waals surface area contributed by atoms with Gasteiger partial charge in [-0.05, 0) is 44.7 Å². The van der Waals surface area contributed by atoms with Crippen LogP contribution in [0, 0.1) is 0 Å². The molecule has 1 atom stereocenters. The molecular formula is C14H19N3O2S. The third-order valence-corrected chi connectivity index (χ3v) is 4.44. The van der Waals surface area contributed by atoms with Crippen molar-refractivity contribution >= 4 is 11.3 Å². The molecule has 1 aliphatic rings. The summed E-state index contributed by atoms with van der Waals surface area (Å²) in [7, 11) is 0. The zero-order chi connectivity index (χ0) is 14.2. The Kier molecular flexibility index (Phi) is 3.62. The van der Waals surface area contributed by atoms with E-state index < -0.39 is 5.60 Å².